The zero-order chi connectivity index (χ0) is 8.81. The second-order valence-electron chi connectivity index (χ2n) is 2.73. The molecule has 1 N–H and O–H groups in total. The molecule has 1 fully saturated rings. The van der Waals surface area contributed by atoms with Crippen LogP contribution in [-0.2, 0) is 4.79 Å². The van der Waals surface area contributed by atoms with Gasteiger partial charge in [-0.3, -0.25) is 4.79 Å². The van der Waals surface area contributed by atoms with Gasteiger partial charge in [-0.05, 0) is 18.6 Å². The summed E-state index contributed by atoms with van der Waals surface area (Å²) in [4.78, 5) is 11.3. The molecule has 1 atom stereocenters. The highest BCUT2D eigenvalue weighted by atomic mass is 32.2. The molecule has 4 heteroatoms. The maximum absolute atomic E-state index is 11.3. The fourth-order valence-corrected chi connectivity index (χ4v) is 2.41. The van der Waals surface area contributed by atoms with E-state index in [0.29, 0.717) is 0 Å². The Balaban J connectivity index is 2.26. The Morgan fingerprint density at radius 3 is 3.08 bits per heavy atom. The van der Waals surface area contributed by atoms with E-state index in [1.54, 1.807) is 11.8 Å². The first-order chi connectivity index (χ1) is 5.84. The van der Waals surface area contributed by atoms with Crippen molar-refractivity contribution in [3.8, 4) is 6.07 Å². The average molecular weight is 184 g/mol. The fraction of sp³-hybridized carbons (Fsp3) is 0.750. The maximum Gasteiger partial charge on any atom is 0.233 e. The lowest BCUT2D eigenvalue weighted by molar-refractivity contribution is -0.120. The molecule has 0 bridgehead atoms. The number of amides is 1. The Bertz CT molecular complexity index is 194. The summed E-state index contributed by atoms with van der Waals surface area (Å²) in [6.07, 6.45) is 3.31. The molecule has 0 spiro atoms. The van der Waals surface area contributed by atoms with Gasteiger partial charge in [0.1, 0.15) is 6.54 Å². The van der Waals surface area contributed by atoms with Crippen LogP contribution in [0, 0.1) is 11.3 Å². The number of thioether (sulfide) groups is 1. The van der Waals surface area contributed by atoms with Gasteiger partial charge in [-0.15, -0.1) is 11.8 Å². The molecule has 0 saturated carbocycles. The topological polar surface area (TPSA) is 52.9 Å². The minimum absolute atomic E-state index is 0.0289. The third-order valence-electron chi connectivity index (χ3n) is 1.81. The van der Waals surface area contributed by atoms with E-state index in [9.17, 15) is 4.79 Å². The number of nitrogens with zero attached hydrogens (tertiary/aromatic N) is 1. The van der Waals surface area contributed by atoms with Crippen molar-refractivity contribution in [2.45, 2.75) is 24.5 Å². The Morgan fingerprint density at radius 2 is 2.50 bits per heavy atom. The first kappa shape index (κ1) is 9.40. The van der Waals surface area contributed by atoms with Crippen LogP contribution < -0.4 is 5.32 Å². The van der Waals surface area contributed by atoms with Gasteiger partial charge in [-0.2, -0.15) is 5.26 Å². The summed E-state index contributed by atoms with van der Waals surface area (Å²) in [7, 11) is 0. The smallest absolute Gasteiger partial charge is 0.233 e. The summed E-state index contributed by atoms with van der Waals surface area (Å²) < 4.78 is 0. The highest BCUT2D eigenvalue weighted by Crippen LogP contribution is 2.24. The van der Waals surface area contributed by atoms with E-state index in [2.05, 4.69) is 5.32 Å². The molecule has 1 aliphatic heterocycles. The Labute approximate surface area is 76.5 Å². The van der Waals surface area contributed by atoms with Crippen LogP contribution in [-0.4, -0.2) is 23.5 Å². The number of carbonyl (C=O) groups excluding carboxylic acids is 1. The molecule has 0 aliphatic carbocycles. The van der Waals surface area contributed by atoms with Gasteiger partial charge >= 0.3 is 0 Å². The summed E-state index contributed by atoms with van der Waals surface area (Å²) in [5, 5.41) is 10.9. The molecule has 0 aromatic heterocycles. The number of carbonyl (C=O) groups is 1. The summed E-state index contributed by atoms with van der Waals surface area (Å²) >= 11 is 1.70. The highest BCUT2D eigenvalue weighted by molar-refractivity contribution is 8.00. The summed E-state index contributed by atoms with van der Waals surface area (Å²) in [6, 6.07) is 1.90. The predicted molar refractivity (Wildman–Crippen MR) is 48.7 cm³/mol. The Kier molecular flexibility index (Phi) is 3.95. The minimum atomic E-state index is 0.0289. The van der Waals surface area contributed by atoms with Gasteiger partial charge in [0, 0.05) is 0 Å². The van der Waals surface area contributed by atoms with Crippen LogP contribution in [0.4, 0.5) is 0 Å². The van der Waals surface area contributed by atoms with Crippen molar-refractivity contribution in [2.24, 2.45) is 0 Å². The number of hydrogen-bond donors (Lipinski definition) is 1. The van der Waals surface area contributed by atoms with Crippen molar-refractivity contribution < 1.29 is 4.79 Å². The van der Waals surface area contributed by atoms with E-state index in [0.717, 1.165) is 18.6 Å². The molecule has 1 saturated heterocycles. The minimum Gasteiger partial charge on any atom is -0.342 e. The quantitative estimate of drug-likeness (QED) is 0.649. The zero-order valence-corrected chi connectivity index (χ0v) is 7.69. The first-order valence-corrected chi connectivity index (χ1v) is 5.15. The van der Waals surface area contributed by atoms with Crippen LogP contribution in [0.1, 0.15) is 19.3 Å². The number of rotatable bonds is 2. The van der Waals surface area contributed by atoms with Crippen LogP contribution in [0.5, 0.6) is 0 Å². The van der Waals surface area contributed by atoms with Gasteiger partial charge in [0.2, 0.25) is 5.91 Å². The van der Waals surface area contributed by atoms with Gasteiger partial charge in [0.15, 0.2) is 0 Å². The third kappa shape index (κ3) is 2.74. The van der Waals surface area contributed by atoms with Crippen LogP contribution in [0.3, 0.4) is 0 Å². The molecule has 12 heavy (non-hydrogen) atoms. The number of nitriles is 1. The van der Waals surface area contributed by atoms with Crippen molar-refractivity contribution in [3.05, 3.63) is 0 Å². The summed E-state index contributed by atoms with van der Waals surface area (Å²) in [5.74, 6) is 1.10. The average Bonchev–Trinajstić information content (AvgIpc) is 2.15. The summed E-state index contributed by atoms with van der Waals surface area (Å²) in [5.41, 5.74) is 0. The van der Waals surface area contributed by atoms with E-state index in [1.807, 2.05) is 6.07 Å². The standard InChI is InChI=1S/C8H12N2OS/c9-4-5-10-8(11)7-3-1-2-6-12-7/h7H,1-3,5-6H2,(H,10,11). The van der Waals surface area contributed by atoms with Crippen LogP contribution >= 0.6 is 11.8 Å². The lowest BCUT2D eigenvalue weighted by Gasteiger charge is -2.19. The van der Waals surface area contributed by atoms with E-state index in [4.69, 9.17) is 5.26 Å². The molecule has 1 heterocycles. The molecule has 66 valence electrons. The molecule has 3 nitrogen and oxygen atoms in total. The van der Waals surface area contributed by atoms with Gasteiger partial charge in [0.05, 0.1) is 11.3 Å². The van der Waals surface area contributed by atoms with E-state index < -0.39 is 0 Å². The Hall–Kier alpha value is -0.690. The van der Waals surface area contributed by atoms with Crippen molar-refractivity contribution in [2.75, 3.05) is 12.3 Å². The molecule has 1 unspecified atom stereocenters. The van der Waals surface area contributed by atoms with Crippen molar-refractivity contribution >= 4 is 17.7 Å². The maximum atomic E-state index is 11.3. The molecule has 1 amide bonds. The normalized spacial score (nSPS) is 22.8. The molecular weight excluding hydrogens is 172 g/mol. The molecule has 0 aromatic rings. The van der Waals surface area contributed by atoms with E-state index in [1.165, 1.54) is 6.42 Å². The second kappa shape index (κ2) is 5.04. The number of nitrogens with one attached hydrogen (secondary N) is 1. The molecule has 1 aliphatic rings. The van der Waals surface area contributed by atoms with E-state index >= 15 is 0 Å². The molecule has 0 radical (unpaired) electrons. The lowest BCUT2D eigenvalue weighted by Crippen LogP contribution is -2.34. The molecule has 0 aromatic carbocycles. The van der Waals surface area contributed by atoms with Gasteiger partial charge in [0.25, 0.3) is 0 Å². The van der Waals surface area contributed by atoms with Gasteiger partial charge in [-0.1, -0.05) is 6.42 Å². The predicted octanol–water partition coefficient (Wildman–Crippen LogP) is 0.912. The third-order valence-corrected chi connectivity index (χ3v) is 3.19. The number of hydrogen-bond acceptors (Lipinski definition) is 3. The van der Waals surface area contributed by atoms with Gasteiger partial charge < -0.3 is 5.32 Å². The Morgan fingerprint density at radius 1 is 1.67 bits per heavy atom. The van der Waals surface area contributed by atoms with E-state index in [-0.39, 0.29) is 17.7 Å². The first-order valence-electron chi connectivity index (χ1n) is 4.11. The van der Waals surface area contributed by atoms with Crippen molar-refractivity contribution in [3.63, 3.8) is 0 Å². The second-order valence-corrected chi connectivity index (χ2v) is 4.04. The SMILES string of the molecule is N#CCNC(=O)C1CCCCS1. The fourth-order valence-electron chi connectivity index (χ4n) is 1.19. The summed E-state index contributed by atoms with van der Waals surface area (Å²) in [6.45, 7) is 0.135. The zero-order valence-electron chi connectivity index (χ0n) is 6.88. The van der Waals surface area contributed by atoms with Crippen LogP contribution in [0.2, 0.25) is 0 Å². The van der Waals surface area contributed by atoms with Crippen LogP contribution in [0.25, 0.3) is 0 Å². The van der Waals surface area contributed by atoms with Crippen LogP contribution in [0.15, 0.2) is 0 Å². The molecule has 1 rings (SSSR count). The molecular formula is C8H12N2OS. The monoisotopic (exact) mass is 184 g/mol. The van der Waals surface area contributed by atoms with Gasteiger partial charge in [-0.25, -0.2) is 0 Å². The largest absolute Gasteiger partial charge is 0.342 e. The highest BCUT2D eigenvalue weighted by Gasteiger charge is 2.20. The van der Waals surface area contributed by atoms with Crippen molar-refractivity contribution in [1.82, 2.24) is 5.32 Å². The van der Waals surface area contributed by atoms with Crippen molar-refractivity contribution in [1.29, 1.82) is 5.26 Å². The lowest BCUT2D eigenvalue weighted by atomic mass is 10.2.